The lowest BCUT2D eigenvalue weighted by Gasteiger charge is -2.30. The zero-order chi connectivity index (χ0) is 12.8. The molecule has 17 heavy (non-hydrogen) atoms. The molecule has 4 nitrogen and oxygen atoms in total. The number of rotatable bonds is 6. The molecule has 0 saturated carbocycles. The first-order valence-electron chi connectivity index (χ1n) is 5.76. The summed E-state index contributed by atoms with van der Waals surface area (Å²) in [5, 5.41) is 0.557. The molecule has 0 aliphatic heterocycles. The number of nitrogen functional groups attached to an aromatic ring is 1. The molecule has 5 heteroatoms. The zero-order valence-electron chi connectivity index (χ0n) is 10.6. The van der Waals surface area contributed by atoms with Crippen LogP contribution >= 0.6 is 11.6 Å². The highest BCUT2D eigenvalue weighted by Crippen LogP contribution is 2.25. The van der Waals surface area contributed by atoms with Crippen LogP contribution in [-0.4, -0.2) is 31.3 Å². The van der Waals surface area contributed by atoms with Crippen LogP contribution in [0.2, 0.25) is 5.02 Å². The van der Waals surface area contributed by atoms with Gasteiger partial charge in [-0.1, -0.05) is 18.5 Å². The van der Waals surface area contributed by atoms with Crippen LogP contribution < -0.4 is 10.6 Å². The van der Waals surface area contributed by atoms with Crippen molar-refractivity contribution in [2.45, 2.75) is 26.3 Å². The molecular weight excluding hydrogens is 238 g/mol. The number of pyridine rings is 1. The number of nitrogens with two attached hydrogens (primary N) is 1. The minimum Gasteiger partial charge on any atom is -0.396 e. The summed E-state index contributed by atoms with van der Waals surface area (Å²) in [7, 11) is 1.69. The molecule has 1 aromatic heterocycles. The van der Waals surface area contributed by atoms with Gasteiger partial charge in [0.1, 0.15) is 0 Å². The van der Waals surface area contributed by atoms with E-state index in [1.807, 2.05) is 0 Å². The maximum atomic E-state index is 5.96. The van der Waals surface area contributed by atoms with E-state index in [1.165, 1.54) is 0 Å². The lowest BCUT2D eigenvalue weighted by Crippen LogP contribution is -2.36. The summed E-state index contributed by atoms with van der Waals surface area (Å²) >= 11 is 5.85. The van der Waals surface area contributed by atoms with Crippen molar-refractivity contribution in [1.82, 2.24) is 4.98 Å². The van der Waals surface area contributed by atoms with Gasteiger partial charge >= 0.3 is 0 Å². The summed E-state index contributed by atoms with van der Waals surface area (Å²) in [5.74, 6) is 0.779. The lowest BCUT2D eigenvalue weighted by atomic mass is 10.2. The van der Waals surface area contributed by atoms with Gasteiger partial charge in [-0.25, -0.2) is 4.98 Å². The molecule has 1 heterocycles. The average Bonchev–Trinajstić information content (AvgIpc) is 2.31. The molecule has 0 aromatic carbocycles. The molecule has 96 valence electrons. The van der Waals surface area contributed by atoms with E-state index in [9.17, 15) is 0 Å². The molecule has 2 N–H and O–H groups in total. The number of nitrogens with zero attached hydrogens (tertiary/aromatic N) is 2. The number of ether oxygens (including phenoxy) is 1. The van der Waals surface area contributed by atoms with Crippen molar-refractivity contribution in [3.63, 3.8) is 0 Å². The van der Waals surface area contributed by atoms with Crippen LogP contribution in [0.15, 0.2) is 12.3 Å². The van der Waals surface area contributed by atoms with Gasteiger partial charge in [0.15, 0.2) is 5.82 Å². The summed E-state index contributed by atoms with van der Waals surface area (Å²) < 4.78 is 5.12. The van der Waals surface area contributed by atoms with Crippen LogP contribution in [0.25, 0.3) is 0 Å². The Bertz CT molecular complexity index is 360. The highest BCUT2D eigenvalue weighted by molar-refractivity contribution is 6.30. The Morgan fingerprint density at radius 3 is 2.82 bits per heavy atom. The van der Waals surface area contributed by atoms with Crippen molar-refractivity contribution < 1.29 is 4.74 Å². The Morgan fingerprint density at radius 2 is 2.29 bits per heavy atom. The number of methoxy groups -OCH3 is 1. The maximum Gasteiger partial charge on any atom is 0.152 e. The molecule has 0 fully saturated rings. The molecule has 0 radical (unpaired) electrons. The van der Waals surface area contributed by atoms with Gasteiger partial charge in [0.05, 0.1) is 17.3 Å². The van der Waals surface area contributed by atoms with Crippen LogP contribution in [-0.2, 0) is 4.74 Å². The highest BCUT2D eigenvalue weighted by Gasteiger charge is 2.16. The summed E-state index contributed by atoms with van der Waals surface area (Å²) in [6.45, 7) is 5.69. The molecule has 0 saturated heterocycles. The average molecular weight is 258 g/mol. The first-order valence-corrected chi connectivity index (χ1v) is 6.14. The van der Waals surface area contributed by atoms with Crippen molar-refractivity contribution >= 4 is 23.1 Å². The molecule has 0 bridgehead atoms. The molecule has 1 aromatic rings. The largest absolute Gasteiger partial charge is 0.396 e. The van der Waals surface area contributed by atoms with Crippen molar-refractivity contribution in [3.05, 3.63) is 17.3 Å². The van der Waals surface area contributed by atoms with Gasteiger partial charge in [-0.15, -0.1) is 0 Å². The summed E-state index contributed by atoms with van der Waals surface area (Å²) in [6.07, 6.45) is 2.64. The summed E-state index contributed by atoms with van der Waals surface area (Å²) in [6, 6.07) is 2.09. The predicted octanol–water partition coefficient (Wildman–Crippen LogP) is 2.57. The summed E-state index contributed by atoms with van der Waals surface area (Å²) in [4.78, 5) is 6.46. The second-order valence-electron chi connectivity index (χ2n) is 4.01. The van der Waals surface area contributed by atoms with Gasteiger partial charge < -0.3 is 15.4 Å². The number of aromatic nitrogens is 1. The fourth-order valence-electron chi connectivity index (χ4n) is 1.63. The number of hydrogen-bond acceptors (Lipinski definition) is 4. The van der Waals surface area contributed by atoms with Gasteiger partial charge in [-0.2, -0.15) is 0 Å². The minimum atomic E-state index is 0.362. The van der Waals surface area contributed by atoms with Gasteiger partial charge in [0, 0.05) is 25.9 Å². The predicted molar refractivity (Wildman–Crippen MR) is 72.6 cm³/mol. The Kier molecular flexibility index (Phi) is 5.51. The molecule has 0 aliphatic carbocycles. The number of halogens is 1. The SMILES string of the molecule is CCC(C)N(CCOC)c1ncc(Cl)cc1N. The molecule has 1 atom stereocenters. The van der Waals surface area contributed by atoms with Crippen molar-refractivity contribution in [2.75, 3.05) is 30.9 Å². The Labute approximate surface area is 108 Å². The lowest BCUT2D eigenvalue weighted by molar-refractivity contribution is 0.203. The standard InChI is InChI=1S/C12H20ClN3O/c1-4-9(2)16(5-6-17-3)12-11(14)7-10(13)8-15-12/h7-9H,4-6,14H2,1-3H3. The van der Waals surface area contributed by atoms with Crippen LogP contribution in [0.5, 0.6) is 0 Å². The van der Waals surface area contributed by atoms with Crippen molar-refractivity contribution in [3.8, 4) is 0 Å². The van der Waals surface area contributed by atoms with Crippen molar-refractivity contribution in [2.24, 2.45) is 0 Å². The molecule has 0 spiro atoms. The van der Waals surface area contributed by atoms with Gasteiger partial charge in [0.25, 0.3) is 0 Å². The zero-order valence-corrected chi connectivity index (χ0v) is 11.4. The quantitative estimate of drug-likeness (QED) is 0.851. The van der Waals surface area contributed by atoms with Crippen LogP contribution in [0.1, 0.15) is 20.3 Å². The molecule has 0 amide bonds. The van der Waals surface area contributed by atoms with E-state index in [4.69, 9.17) is 22.1 Å². The third kappa shape index (κ3) is 3.75. The van der Waals surface area contributed by atoms with E-state index in [1.54, 1.807) is 19.4 Å². The first kappa shape index (κ1) is 14.1. The third-order valence-corrected chi connectivity index (χ3v) is 3.00. The molecule has 1 rings (SSSR count). The minimum absolute atomic E-state index is 0.362. The smallest absolute Gasteiger partial charge is 0.152 e. The van der Waals surface area contributed by atoms with E-state index in [0.717, 1.165) is 18.8 Å². The molecule has 0 aliphatic rings. The van der Waals surface area contributed by atoms with Gasteiger partial charge in [-0.05, 0) is 19.4 Å². The van der Waals surface area contributed by atoms with E-state index in [2.05, 4.69) is 23.7 Å². The normalized spacial score (nSPS) is 12.5. The first-order chi connectivity index (χ1) is 8.10. The fraction of sp³-hybridized carbons (Fsp3) is 0.583. The maximum absolute atomic E-state index is 5.96. The van der Waals surface area contributed by atoms with Crippen LogP contribution in [0, 0.1) is 0 Å². The topological polar surface area (TPSA) is 51.4 Å². The monoisotopic (exact) mass is 257 g/mol. The Hall–Kier alpha value is -1.00. The molecule has 1 unspecified atom stereocenters. The van der Waals surface area contributed by atoms with E-state index in [-0.39, 0.29) is 0 Å². The molecular formula is C12H20ClN3O. The van der Waals surface area contributed by atoms with E-state index in [0.29, 0.717) is 23.4 Å². The van der Waals surface area contributed by atoms with Crippen molar-refractivity contribution in [1.29, 1.82) is 0 Å². The third-order valence-electron chi connectivity index (χ3n) is 2.79. The fourth-order valence-corrected chi connectivity index (χ4v) is 1.80. The van der Waals surface area contributed by atoms with E-state index >= 15 is 0 Å². The van der Waals surface area contributed by atoms with E-state index < -0.39 is 0 Å². The Morgan fingerprint density at radius 1 is 1.59 bits per heavy atom. The summed E-state index contributed by atoms with van der Waals surface area (Å²) in [5.41, 5.74) is 6.56. The highest BCUT2D eigenvalue weighted by atomic mass is 35.5. The Balaban J connectivity index is 2.95. The second kappa shape index (κ2) is 6.67. The number of anilines is 2. The van der Waals surface area contributed by atoms with Gasteiger partial charge in [-0.3, -0.25) is 0 Å². The second-order valence-corrected chi connectivity index (χ2v) is 4.45. The number of hydrogen-bond donors (Lipinski definition) is 1. The van der Waals surface area contributed by atoms with Crippen LogP contribution in [0.4, 0.5) is 11.5 Å². The van der Waals surface area contributed by atoms with Gasteiger partial charge in [0.2, 0.25) is 0 Å². The van der Waals surface area contributed by atoms with Crippen LogP contribution in [0.3, 0.4) is 0 Å².